The normalized spacial score (nSPS) is 27.0. The third kappa shape index (κ3) is 6.45. The molecular weight excluding hydrogens is 461 g/mol. The molecule has 0 bridgehead atoms. The first-order chi connectivity index (χ1) is 15.7. The van der Waals surface area contributed by atoms with Gasteiger partial charge in [-0.05, 0) is 52.4 Å². The predicted octanol–water partition coefficient (Wildman–Crippen LogP) is 0.00700. The van der Waals surface area contributed by atoms with Crippen LogP contribution < -0.4 is 16.0 Å². The van der Waals surface area contributed by atoms with E-state index in [1.807, 2.05) is 0 Å². The van der Waals surface area contributed by atoms with Gasteiger partial charge in [0.2, 0.25) is 11.8 Å². The molecule has 3 rings (SSSR count). The van der Waals surface area contributed by atoms with Gasteiger partial charge in [-0.25, -0.2) is 0 Å². The number of likely N-dealkylation sites (tertiary alicyclic amines) is 1. The Hall–Kier alpha value is -2.70. The van der Waals surface area contributed by atoms with E-state index in [9.17, 15) is 37.1 Å². The van der Waals surface area contributed by atoms with Crippen molar-refractivity contribution in [1.82, 2.24) is 20.9 Å². The van der Waals surface area contributed by atoms with E-state index in [0.717, 1.165) is 0 Å². The van der Waals surface area contributed by atoms with Crippen molar-refractivity contribution >= 4 is 29.4 Å². The number of rotatable bonds is 7. The van der Waals surface area contributed by atoms with Gasteiger partial charge in [0.15, 0.2) is 5.78 Å². The van der Waals surface area contributed by atoms with Crippen molar-refractivity contribution in [3.05, 3.63) is 0 Å². The van der Waals surface area contributed by atoms with Crippen LogP contribution in [0.25, 0.3) is 0 Å². The summed E-state index contributed by atoms with van der Waals surface area (Å²) in [5.41, 5.74) is -0.676. The highest BCUT2D eigenvalue weighted by molar-refractivity contribution is 6.35. The van der Waals surface area contributed by atoms with Crippen molar-refractivity contribution in [3.63, 3.8) is 0 Å². The maximum Gasteiger partial charge on any atom is 0.522 e. The van der Waals surface area contributed by atoms with Crippen LogP contribution in [0.1, 0.15) is 46.5 Å². The topological polar surface area (TPSA) is 134 Å². The number of fused-ring (bicyclic) bond motifs is 1. The van der Waals surface area contributed by atoms with E-state index in [1.54, 1.807) is 20.8 Å². The molecule has 1 saturated carbocycles. The molecule has 190 valence electrons. The van der Waals surface area contributed by atoms with E-state index >= 15 is 0 Å². The van der Waals surface area contributed by atoms with Crippen LogP contribution in [0.15, 0.2) is 0 Å². The summed E-state index contributed by atoms with van der Waals surface area (Å²) >= 11 is 0. The lowest BCUT2D eigenvalue weighted by molar-refractivity contribution is -0.321. The second-order valence-corrected chi connectivity index (χ2v) is 10.0. The highest BCUT2D eigenvalue weighted by Crippen LogP contribution is 2.48. The van der Waals surface area contributed by atoms with E-state index in [4.69, 9.17) is 0 Å². The summed E-state index contributed by atoms with van der Waals surface area (Å²) in [6.07, 6.45) is -3.96. The van der Waals surface area contributed by atoms with E-state index in [1.165, 1.54) is 4.90 Å². The first kappa shape index (κ1) is 25.9. The number of carbonyl (C=O) groups is 5. The van der Waals surface area contributed by atoms with Gasteiger partial charge in [-0.15, -0.1) is 13.2 Å². The van der Waals surface area contributed by atoms with Crippen LogP contribution in [0.3, 0.4) is 0 Å². The Balaban J connectivity index is 1.71. The molecular formula is C21H29F3N4O6. The number of halogens is 3. The van der Waals surface area contributed by atoms with Crippen LogP contribution in [0.4, 0.5) is 13.2 Å². The number of Topliss-reactive ketones (excluding diaryl/α,β-unsaturated/α-hetero) is 1. The SMILES string of the molecule is CC(C)(C)NC(=O)C(=O)N1[C@@H]2C[C@@H]2C[C@H]1C(=O)NC(CC1CCNC1=O)C(=O)COC(F)(F)F. The molecule has 3 N–H and O–H groups in total. The lowest BCUT2D eigenvalue weighted by atomic mass is 9.95. The van der Waals surface area contributed by atoms with Crippen LogP contribution in [-0.2, 0) is 28.7 Å². The quantitative estimate of drug-likeness (QED) is 0.431. The minimum atomic E-state index is -5.04. The third-order valence-electron chi connectivity index (χ3n) is 6.09. The van der Waals surface area contributed by atoms with E-state index in [0.29, 0.717) is 19.4 Å². The van der Waals surface area contributed by atoms with Crippen LogP contribution in [-0.4, -0.2) is 77.5 Å². The van der Waals surface area contributed by atoms with Crippen LogP contribution in [0, 0.1) is 11.8 Å². The number of nitrogens with one attached hydrogen (secondary N) is 3. The third-order valence-corrected chi connectivity index (χ3v) is 6.09. The van der Waals surface area contributed by atoms with Gasteiger partial charge in [-0.3, -0.25) is 28.7 Å². The Labute approximate surface area is 194 Å². The van der Waals surface area contributed by atoms with Crippen LogP contribution in [0.2, 0.25) is 0 Å². The fraction of sp³-hybridized carbons (Fsp3) is 0.762. The summed E-state index contributed by atoms with van der Waals surface area (Å²) in [5, 5.41) is 7.54. The molecule has 1 aliphatic carbocycles. The molecule has 3 fully saturated rings. The fourth-order valence-electron chi connectivity index (χ4n) is 4.44. The van der Waals surface area contributed by atoms with Gasteiger partial charge >= 0.3 is 18.2 Å². The number of ether oxygens (including phenoxy) is 1. The Morgan fingerprint density at radius 3 is 2.41 bits per heavy atom. The molecule has 2 saturated heterocycles. The molecule has 10 nitrogen and oxygen atoms in total. The second-order valence-electron chi connectivity index (χ2n) is 10.0. The average Bonchev–Trinajstić information content (AvgIpc) is 3.18. The van der Waals surface area contributed by atoms with Crippen molar-refractivity contribution in [3.8, 4) is 0 Å². The van der Waals surface area contributed by atoms with Gasteiger partial charge in [0.25, 0.3) is 0 Å². The van der Waals surface area contributed by atoms with E-state index in [2.05, 4.69) is 20.7 Å². The summed E-state index contributed by atoms with van der Waals surface area (Å²) in [5.74, 6) is -4.53. The number of amides is 4. The molecule has 2 heterocycles. The average molecular weight is 490 g/mol. The molecule has 2 aliphatic heterocycles. The molecule has 3 aliphatic rings. The minimum absolute atomic E-state index is 0.0328. The smallest absolute Gasteiger partial charge is 0.356 e. The first-order valence-electron chi connectivity index (χ1n) is 11.1. The van der Waals surface area contributed by atoms with Gasteiger partial charge < -0.3 is 20.9 Å². The van der Waals surface area contributed by atoms with Gasteiger partial charge in [0.1, 0.15) is 12.6 Å². The maximum absolute atomic E-state index is 13.1. The summed E-state index contributed by atoms with van der Waals surface area (Å²) in [6, 6.07) is -2.74. The Kier molecular flexibility index (Phi) is 7.25. The van der Waals surface area contributed by atoms with E-state index in [-0.39, 0.29) is 30.7 Å². The van der Waals surface area contributed by atoms with Gasteiger partial charge in [-0.2, -0.15) is 0 Å². The standard InChI is InChI=1S/C21H29F3N4O6/c1-20(2,3)27-18(32)19(33)28-13-7-11(13)8-14(28)17(31)26-12(6-10-4-5-25-16(10)30)15(29)9-34-21(22,23)24/h10-14H,4-9H2,1-3H3,(H,25,30)(H,26,31)(H,27,32)/t10?,11-,12?,13-,14+/m1/s1. The van der Waals surface area contributed by atoms with Crippen molar-refractivity contribution in [2.75, 3.05) is 13.2 Å². The second kappa shape index (κ2) is 9.51. The van der Waals surface area contributed by atoms with Gasteiger partial charge in [0, 0.05) is 24.0 Å². The summed E-state index contributed by atoms with van der Waals surface area (Å²) in [7, 11) is 0. The zero-order chi connectivity index (χ0) is 25.4. The molecule has 13 heteroatoms. The monoisotopic (exact) mass is 490 g/mol. The summed E-state index contributed by atoms with van der Waals surface area (Å²) < 4.78 is 40.9. The molecule has 0 aromatic rings. The minimum Gasteiger partial charge on any atom is -0.356 e. The van der Waals surface area contributed by atoms with Gasteiger partial charge in [-0.1, -0.05) is 0 Å². The summed E-state index contributed by atoms with van der Waals surface area (Å²) in [4.78, 5) is 63.8. The maximum atomic E-state index is 13.1. The molecule has 2 unspecified atom stereocenters. The zero-order valence-electron chi connectivity index (χ0n) is 19.2. The Morgan fingerprint density at radius 2 is 1.85 bits per heavy atom. The number of alkyl halides is 3. The molecule has 0 aromatic heterocycles. The number of nitrogens with zero attached hydrogens (tertiary/aromatic N) is 1. The van der Waals surface area contributed by atoms with Gasteiger partial charge in [0.05, 0.1) is 6.04 Å². The highest BCUT2D eigenvalue weighted by atomic mass is 19.4. The number of hydrogen-bond acceptors (Lipinski definition) is 6. The molecule has 0 radical (unpaired) electrons. The van der Waals surface area contributed by atoms with Crippen molar-refractivity contribution in [2.24, 2.45) is 11.8 Å². The largest absolute Gasteiger partial charge is 0.522 e. The van der Waals surface area contributed by atoms with Crippen LogP contribution in [0.5, 0.6) is 0 Å². The zero-order valence-corrected chi connectivity index (χ0v) is 19.2. The number of piperidine rings is 1. The lowest BCUT2D eigenvalue weighted by Gasteiger charge is -2.29. The first-order valence-corrected chi connectivity index (χ1v) is 11.1. The van der Waals surface area contributed by atoms with Crippen molar-refractivity contribution < 1.29 is 41.9 Å². The fourth-order valence-corrected chi connectivity index (χ4v) is 4.44. The van der Waals surface area contributed by atoms with Crippen molar-refractivity contribution in [2.45, 2.75) is 76.5 Å². The summed E-state index contributed by atoms with van der Waals surface area (Å²) in [6.45, 7) is 4.13. The number of carbonyl (C=O) groups excluding carboxylic acids is 5. The van der Waals surface area contributed by atoms with E-state index < -0.39 is 60.0 Å². The number of hydrogen-bond donors (Lipinski definition) is 3. The highest BCUT2D eigenvalue weighted by Gasteiger charge is 2.57. The predicted molar refractivity (Wildman–Crippen MR) is 110 cm³/mol. The molecule has 34 heavy (non-hydrogen) atoms. The molecule has 4 amide bonds. The van der Waals surface area contributed by atoms with Crippen LogP contribution >= 0.6 is 0 Å². The Bertz CT molecular complexity index is 872. The molecule has 0 spiro atoms. The molecule has 5 atom stereocenters. The Morgan fingerprint density at radius 1 is 1.18 bits per heavy atom. The lowest BCUT2D eigenvalue weighted by Crippen LogP contribution is -2.56. The van der Waals surface area contributed by atoms with Crippen molar-refractivity contribution in [1.29, 1.82) is 0 Å². The number of ketones is 1. The molecule has 0 aromatic carbocycles.